The molecule has 1 fully saturated rings. The van der Waals surface area contributed by atoms with Crippen LogP contribution >= 0.6 is 23.1 Å². The summed E-state index contributed by atoms with van der Waals surface area (Å²) in [5.74, 6) is -2.42. The molecule has 1 aliphatic rings. The SMILES string of the molecule is CNC(=O)[C@H](Cc1ccccc1)NC(=O)[C@H](CC(C)C)[C@H](CSc1cccs1)C(=O)NO.NCC1CCC(C(=O)O)CC1. The summed E-state index contributed by atoms with van der Waals surface area (Å²) in [7, 11) is 1.53. The topological polar surface area (TPSA) is 171 Å². The number of nitrogens with one attached hydrogen (secondary N) is 3. The van der Waals surface area contributed by atoms with E-state index in [1.165, 1.54) is 18.8 Å². The highest BCUT2D eigenvalue weighted by Crippen LogP contribution is 2.31. The summed E-state index contributed by atoms with van der Waals surface area (Å²) in [6, 6.07) is 12.5. The molecule has 43 heavy (non-hydrogen) atoms. The van der Waals surface area contributed by atoms with Crippen LogP contribution in [0.2, 0.25) is 0 Å². The molecule has 0 radical (unpaired) electrons. The van der Waals surface area contributed by atoms with Crippen molar-refractivity contribution in [2.75, 3.05) is 19.3 Å². The normalized spacial score (nSPS) is 18.4. The van der Waals surface area contributed by atoms with Gasteiger partial charge in [0.25, 0.3) is 0 Å². The van der Waals surface area contributed by atoms with Crippen LogP contribution in [0.4, 0.5) is 0 Å². The standard InChI is InChI=1S/C23H31N3O4S2.C8H15NO2/c1-15(2)12-17(18(22(28)26-30)14-32-20-10-7-11-31-20)21(27)25-19(23(29)24-3)13-16-8-5-4-6-9-16;9-5-6-1-3-7(4-2-6)8(10)11/h4-11,15,17-19,30H,12-14H2,1-3H3,(H,24,29)(H,25,27)(H,26,28);6-7H,1-5,9H2,(H,10,11)/t17-,18+,19+;/m1./s1. The van der Waals surface area contributed by atoms with Crippen LogP contribution in [0.3, 0.4) is 0 Å². The molecule has 10 nitrogen and oxygen atoms in total. The van der Waals surface area contributed by atoms with E-state index in [9.17, 15) is 24.4 Å². The fourth-order valence-electron chi connectivity index (χ4n) is 5.09. The van der Waals surface area contributed by atoms with Crippen LogP contribution < -0.4 is 21.8 Å². The summed E-state index contributed by atoms with van der Waals surface area (Å²) in [4.78, 5) is 48.9. The Morgan fingerprint density at radius 3 is 2.16 bits per heavy atom. The summed E-state index contributed by atoms with van der Waals surface area (Å²) in [5.41, 5.74) is 8.12. The van der Waals surface area contributed by atoms with Crippen LogP contribution in [0.5, 0.6) is 0 Å². The lowest BCUT2D eigenvalue weighted by molar-refractivity contribution is -0.143. The van der Waals surface area contributed by atoms with Crippen molar-refractivity contribution in [1.29, 1.82) is 0 Å². The maximum atomic E-state index is 13.4. The Labute approximate surface area is 262 Å². The first-order chi connectivity index (χ1) is 20.6. The van der Waals surface area contributed by atoms with E-state index in [2.05, 4.69) is 10.6 Å². The average Bonchev–Trinajstić information content (AvgIpc) is 3.54. The number of aliphatic carboxylic acids is 1. The zero-order chi connectivity index (χ0) is 31.8. The van der Waals surface area contributed by atoms with E-state index in [0.717, 1.165) is 35.5 Å². The highest BCUT2D eigenvalue weighted by atomic mass is 32.2. The van der Waals surface area contributed by atoms with Gasteiger partial charge in [-0.25, -0.2) is 5.48 Å². The van der Waals surface area contributed by atoms with Crippen molar-refractivity contribution in [3.8, 4) is 0 Å². The van der Waals surface area contributed by atoms with Gasteiger partial charge in [0, 0.05) is 19.2 Å². The summed E-state index contributed by atoms with van der Waals surface area (Å²) < 4.78 is 1.02. The second-order valence-corrected chi connectivity index (χ2v) is 13.5. The van der Waals surface area contributed by atoms with Crippen LogP contribution in [0.25, 0.3) is 0 Å². The van der Waals surface area contributed by atoms with Crippen molar-refractivity contribution in [3.63, 3.8) is 0 Å². The van der Waals surface area contributed by atoms with Gasteiger partial charge in [-0.2, -0.15) is 0 Å². The number of amides is 3. The molecule has 1 heterocycles. The van der Waals surface area contributed by atoms with Crippen LogP contribution in [0.1, 0.15) is 51.5 Å². The summed E-state index contributed by atoms with van der Waals surface area (Å²) in [6.45, 7) is 4.66. The molecule has 0 saturated heterocycles. The molecule has 1 aliphatic carbocycles. The van der Waals surface area contributed by atoms with E-state index < -0.39 is 29.8 Å². The third kappa shape index (κ3) is 12.7. The minimum absolute atomic E-state index is 0.0993. The molecule has 238 valence electrons. The van der Waals surface area contributed by atoms with Gasteiger partial charge in [0.2, 0.25) is 17.7 Å². The van der Waals surface area contributed by atoms with Gasteiger partial charge in [-0.1, -0.05) is 50.2 Å². The summed E-state index contributed by atoms with van der Waals surface area (Å²) in [6.07, 6.45) is 4.40. The molecule has 3 rings (SSSR count). The van der Waals surface area contributed by atoms with E-state index >= 15 is 0 Å². The van der Waals surface area contributed by atoms with E-state index in [0.29, 0.717) is 31.1 Å². The second kappa shape index (κ2) is 19.4. The molecule has 0 bridgehead atoms. The van der Waals surface area contributed by atoms with Crippen molar-refractivity contribution in [1.82, 2.24) is 16.1 Å². The van der Waals surface area contributed by atoms with Gasteiger partial charge in [0.05, 0.1) is 22.0 Å². The lowest BCUT2D eigenvalue weighted by atomic mass is 9.82. The number of hydroxylamine groups is 1. The van der Waals surface area contributed by atoms with Gasteiger partial charge in [-0.05, 0) is 67.5 Å². The zero-order valence-electron chi connectivity index (χ0n) is 25.2. The fourth-order valence-corrected chi connectivity index (χ4v) is 7.09. The third-order valence-corrected chi connectivity index (χ3v) is 9.84. The van der Waals surface area contributed by atoms with Gasteiger partial charge in [-0.15, -0.1) is 23.1 Å². The van der Waals surface area contributed by atoms with Gasteiger partial charge < -0.3 is 21.5 Å². The number of likely N-dealkylation sites (N-methyl/N-ethyl adjacent to an activating group) is 1. The number of carbonyl (C=O) groups is 4. The smallest absolute Gasteiger partial charge is 0.306 e. The number of thioether (sulfide) groups is 1. The molecule has 12 heteroatoms. The minimum Gasteiger partial charge on any atom is -0.481 e. The highest BCUT2D eigenvalue weighted by molar-refractivity contribution is 8.01. The number of nitrogens with two attached hydrogens (primary N) is 1. The Kier molecular flexibility index (Phi) is 16.3. The van der Waals surface area contributed by atoms with Crippen LogP contribution in [-0.4, -0.2) is 59.4 Å². The molecule has 3 atom stereocenters. The minimum atomic E-state index is -0.771. The quantitative estimate of drug-likeness (QED) is 0.103. The maximum Gasteiger partial charge on any atom is 0.306 e. The predicted molar refractivity (Wildman–Crippen MR) is 170 cm³/mol. The maximum absolute atomic E-state index is 13.4. The molecule has 0 unspecified atom stereocenters. The van der Waals surface area contributed by atoms with E-state index in [1.54, 1.807) is 16.8 Å². The zero-order valence-corrected chi connectivity index (χ0v) is 26.8. The fraction of sp³-hybridized carbons (Fsp3) is 0.548. The largest absolute Gasteiger partial charge is 0.481 e. The number of benzene rings is 1. The van der Waals surface area contributed by atoms with Crippen LogP contribution in [0.15, 0.2) is 52.1 Å². The van der Waals surface area contributed by atoms with Crippen molar-refractivity contribution in [2.45, 2.75) is 62.6 Å². The molecular weight excluding hydrogens is 588 g/mol. The van der Waals surface area contributed by atoms with Crippen LogP contribution in [0, 0.1) is 29.6 Å². The number of hydrogen-bond donors (Lipinski definition) is 6. The number of hydrogen-bond acceptors (Lipinski definition) is 8. The van der Waals surface area contributed by atoms with Gasteiger partial charge >= 0.3 is 5.97 Å². The first-order valence-corrected chi connectivity index (χ1v) is 16.5. The number of carboxylic acids is 1. The van der Waals surface area contributed by atoms with Crippen molar-refractivity contribution in [3.05, 3.63) is 53.4 Å². The lowest BCUT2D eigenvalue weighted by Crippen LogP contribution is -2.51. The molecule has 2 aromatic rings. The average molecular weight is 635 g/mol. The number of rotatable bonds is 14. The van der Waals surface area contributed by atoms with Gasteiger partial charge in [0.1, 0.15) is 6.04 Å². The molecular formula is C31H46N4O6S2. The third-order valence-electron chi connectivity index (χ3n) is 7.59. The second-order valence-electron chi connectivity index (χ2n) is 11.2. The summed E-state index contributed by atoms with van der Waals surface area (Å²) in [5, 5.41) is 25.4. The highest BCUT2D eigenvalue weighted by Gasteiger charge is 2.36. The number of carbonyl (C=O) groups excluding carboxylic acids is 3. The Hall–Kier alpha value is -2.93. The Morgan fingerprint density at radius 2 is 1.65 bits per heavy atom. The number of carboxylic acid groups (broad SMARTS) is 1. The van der Waals surface area contributed by atoms with Crippen molar-refractivity contribution in [2.24, 2.45) is 35.3 Å². The molecule has 0 spiro atoms. The van der Waals surface area contributed by atoms with Gasteiger partial charge in [-0.3, -0.25) is 24.4 Å². The lowest BCUT2D eigenvalue weighted by Gasteiger charge is -2.28. The Balaban J connectivity index is 0.000000490. The van der Waals surface area contributed by atoms with Gasteiger partial charge in [0.15, 0.2) is 0 Å². The molecule has 1 aromatic carbocycles. The Bertz CT molecular complexity index is 1120. The first kappa shape index (κ1) is 36.3. The van der Waals surface area contributed by atoms with Crippen LogP contribution in [-0.2, 0) is 25.6 Å². The summed E-state index contributed by atoms with van der Waals surface area (Å²) >= 11 is 3.02. The van der Waals surface area contributed by atoms with Crippen molar-refractivity contribution >= 4 is 46.8 Å². The molecule has 3 amide bonds. The van der Waals surface area contributed by atoms with E-state index in [1.807, 2.05) is 61.7 Å². The van der Waals surface area contributed by atoms with Crippen molar-refractivity contribution < 1.29 is 29.5 Å². The predicted octanol–water partition coefficient (Wildman–Crippen LogP) is 3.93. The van der Waals surface area contributed by atoms with E-state index in [-0.39, 0.29) is 23.7 Å². The monoisotopic (exact) mass is 634 g/mol. The molecule has 1 saturated carbocycles. The molecule has 1 aromatic heterocycles. The first-order valence-electron chi connectivity index (χ1n) is 14.7. The number of thiophene rings is 1. The molecule has 0 aliphatic heterocycles. The Morgan fingerprint density at radius 1 is 0.977 bits per heavy atom. The molecule has 7 N–H and O–H groups in total. The van der Waals surface area contributed by atoms with E-state index in [4.69, 9.17) is 10.8 Å².